The van der Waals surface area contributed by atoms with Crippen LogP contribution in [-0.4, -0.2) is 24.3 Å². The maximum atomic E-state index is 4.75. The number of rotatable bonds is 3. The molecule has 0 aliphatic carbocycles. The summed E-state index contributed by atoms with van der Waals surface area (Å²) in [5, 5.41) is 4.56. The molecule has 0 atom stereocenters. The summed E-state index contributed by atoms with van der Waals surface area (Å²) in [4.78, 5) is 9.36. The Morgan fingerprint density at radius 1 is 0.800 bits per heavy atom. The van der Waals surface area contributed by atoms with Gasteiger partial charge in [0.05, 0.1) is 16.7 Å². The van der Waals surface area contributed by atoms with Crippen LogP contribution >= 0.6 is 0 Å². The maximum Gasteiger partial charge on any atom is 0.163 e. The first-order valence-electron chi connectivity index (χ1n) is 10.1. The fourth-order valence-corrected chi connectivity index (χ4v) is 4.35. The zero-order valence-electron chi connectivity index (χ0n) is 17.6. The fraction of sp³-hybridized carbons (Fsp3) is 0.160. The molecule has 0 N–H and O–H groups in total. The van der Waals surface area contributed by atoms with Crippen molar-refractivity contribution in [2.75, 3.05) is 0 Å². The largest absolute Gasteiger partial charge is 0.297 e. The normalized spacial score (nSPS) is 11.3. The minimum absolute atomic E-state index is 0.824. The first-order valence-corrected chi connectivity index (χ1v) is 10.1. The van der Waals surface area contributed by atoms with Gasteiger partial charge in [-0.3, -0.25) is 4.57 Å². The first kappa shape index (κ1) is 18.3. The molecule has 5 aromatic rings. The molecule has 0 aliphatic rings. The van der Waals surface area contributed by atoms with E-state index >= 15 is 0 Å². The predicted molar refractivity (Wildman–Crippen MR) is 120 cm³/mol. The van der Waals surface area contributed by atoms with E-state index in [2.05, 4.69) is 77.9 Å². The highest BCUT2D eigenvalue weighted by atomic mass is 15.3. The number of aromatic nitrogens is 5. The van der Waals surface area contributed by atoms with Crippen LogP contribution in [0.15, 0.2) is 67.0 Å². The number of aryl methyl sites for hydroxylation is 4. The predicted octanol–water partition coefficient (Wildman–Crippen LogP) is 5.51. The zero-order chi connectivity index (χ0) is 20.8. The second kappa shape index (κ2) is 6.95. The summed E-state index contributed by atoms with van der Waals surface area (Å²) in [6, 6.07) is 21.0. The average Bonchev–Trinajstić information content (AvgIpc) is 3.31. The van der Waals surface area contributed by atoms with Gasteiger partial charge in [0.2, 0.25) is 0 Å². The quantitative estimate of drug-likeness (QED) is 0.406. The highest BCUT2D eigenvalue weighted by Gasteiger charge is 2.16. The van der Waals surface area contributed by atoms with Crippen molar-refractivity contribution in [2.45, 2.75) is 27.7 Å². The van der Waals surface area contributed by atoms with Crippen molar-refractivity contribution in [2.24, 2.45) is 0 Å². The lowest BCUT2D eigenvalue weighted by molar-refractivity contribution is 0.870. The Labute approximate surface area is 175 Å². The van der Waals surface area contributed by atoms with E-state index in [-0.39, 0.29) is 0 Å². The average molecular weight is 393 g/mol. The molecule has 0 saturated carbocycles. The molecular weight excluding hydrogens is 370 g/mol. The molecule has 2 aromatic heterocycles. The van der Waals surface area contributed by atoms with E-state index in [0.29, 0.717) is 0 Å². The SMILES string of the molecule is Cc1cc(C)c(-n2ncnc2-c2ccc3nc(C)n(-c4ccccc4)c3c2)c(C)c1. The van der Waals surface area contributed by atoms with Crippen LogP contribution in [-0.2, 0) is 0 Å². The topological polar surface area (TPSA) is 48.5 Å². The van der Waals surface area contributed by atoms with E-state index in [9.17, 15) is 0 Å². The van der Waals surface area contributed by atoms with Gasteiger partial charge in [0.25, 0.3) is 0 Å². The highest BCUT2D eigenvalue weighted by Crippen LogP contribution is 2.29. The lowest BCUT2D eigenvalue weighted by Gasteiger charge is -2.14. The molecule has 0 bridgehead atoms. The molecule has 0 aliphatic heterocycles. The Bertz CT molecular complexity index is 1350. The third-order valence-corrected chi connectivity index (χ3v) is 5.49. The van der Waals surface area contributed by atoms with Gasteiger partial charge in [-0.25, -0.2) is 14.6 Å². The van der Waals surface area contributed by atoms with Gasteiger partial charge < -0.3 is 0 Å². The Morgan fingerprint density at radius 3 is 2.27 bits per heavy atom. The van der Waals surface area contributed by atoms with Crippen LogP contribution in [0.4, 0.5) is 0 Å². The molecule has 0 amide bonds. The Hall–Kier alpha value is -3.73. The second-order valence-corrected chi connectivity index (χ2v) is 7.78. The van der Waals surface area contributed by atoms with Crippen LogP contribution in [0.3, 0.4) is 0 Å². The Morgan fingerprint density at radius 2 is 1.53 bits per heavy atom. The summed E-state index contributed by atoms with van der Waals surface area (Å²) in [6.45, 7) is 8.40. The summed E-state index contributed by atoms with van der Waals surface area (Å²) >= 11 is 0. The molecule has 148 valence electrons. The molecule has 5 nitrogen and oxygen atoms in total. The third kappa shape index (κ3) is 2.90. The number of benzene rings is 3. The van der Waals surface area contributed by atoms with Gasteiger partial charge in [-0.05, 0) is 69.2 Å². The van der Waals surface area contributed by atoms with Gasteiger partial charge in [0.1, 0.15) is 12.2 Å². The van der Waals surface area contributed by atoms with Crippen LogP contribution in [0, 0.1) is 27.7 Å². The fourth-order valence-electron chi connectivity index (χ4n) is 4.35. The third-order valence-electron chi connectivity index (χ3n) is 5.49. The first-order chi connectivity index (χ1) is 14.5. The number of fused-ring (bicyclic) bond motifs is 1. The molecule has 2 heterocycles. The lowest BCUT2D eigenvalue weighted by atomic mass is 10.0. The molecule has 0 fully saturated rings. The van der Waals surface area contributed by atoms with Crippen LogP contribution in [0.2, 0.25) is 0 Å². The molecule has 0 radical (unpaired) electrons. The molecule has 0 saturated heterocycles. The van der Waals surface area contributed by atoms with Crippen molar-refractivity contribution in [1.82, 2.24) is 24.3 Å². The molecule has 0 spiro atoms. The number of hydrogen-bond acceptors (Lipinski definition) is 3. The van der Waals surface area contributed by atoms with Crippen molar-refractivity contribution in [3.8, 4) is 22.8 Å². The summed E-state index contributed by atoms with van der Waals surface area (Å²) < 4.78 is 4.13. The van der Waals surface area contributed by atoms with Crippen LogP contribution in [0.5, 0.6) is 0 Å². The van der Waals surface area contributed by atoms with Gasteiger partial charge >= 0.3 is 0 Å². The molecule has 0 unspecified atom stereocenters. The van der Waals surface area contributed by atoms with Gasteiger partial charge in [-0.2, -0.15) is 5.10 Å². The van der Waals surface area contributed by atoms with Crippen LogP contribution in [0.1, 0.15) is 22.5 Å². The standard InChI is InChI=1S/C25H23N5/c1-16-12-17(2)24(18(3)13-16)30-25(26-15-27-30)20-10-11-22-23(14-20)29(19(4)28-22)21-8-6-5-7-9-21/h5-15H,1-4H3. The van der Waals surface area contributed by atoms with E-state index < -0.39 is 0 Å². The van der Waals surface area contributed by atoms with Crippen molar-refractivity contribution in [3.63, 3.8) is 0 Å². The zero-order valence-corrected chi connectivity index (χ0v) is 17.6. The van der Waals surface area contributed by atoms with Crippen molar-refractivity contribution in [1.29, 1.82) is 0 Å². The van der Waals surface area contributed by atoms with E-state index in [1.807, 2.05) is 29.8 Å². The second-order valence-electron chi connectivity index (χ2n) is 7.78. The van der Waals surface area contributed by atoms with Gasteiger partial charge in [-0.15, -0.1) is 0 Å². The number of hydrogen-bond donors (Lipinski definition) is 0. The molecule has 5 rings (SSSR count). The van der Waals surface area contributed by atoms with Gasteiger partial charge in [-0.1, -0.05) is 35.9 Å². The van der Waals surface area contributed by atoms with E-state index in [1.165, 1.54) is 16.7 Å². The van der Waals surface area contributed by atoms with Crippen molar-refractivity contribution >= 4 is 11.0 Å². The summed E-state index contributed by atoms with van der Waals surface area (Å²) in [5.41, 5.74) is 8.84. The van der Waals surface area contributed by atoms with Crippen LogP contribution in [0.25, 0.3) is 33.8 Å². The summed E-state index contributed by atoms with van der Waals surface area (Å²) in [7, 11) is 0. The van der Waals surface area contributed by atoms with Crippen LogP contribution < -0.4 is 0 Å². The molecule has 5 heteroatoms. The minimum atomic E-state index is 0.824. The van der Waals surface area contributed by atoms with Gasteiger partial charge in [0, 0.05) is 11.3 Å². The van der Waals surface area contributed by atoms with Crippen molar-refractivity contribution < 1.29 is 0 Å². The molecular formula is C25H23N5. The monoisotopic (exact) mass is 393 g/mol. The number of para-hydroxylation sites is 1. The number of imidazole rings is 1. The smallest absolute Gasteiger partial charge is 0.163 e. The number of nitrogens with zero attached hydrogens (tertiary/aromatic N) is 5. The maximum absolute atomic E-state index is 4.75. The highest BCUT2D eigenvalue weighted by molar-refractivity contribution is 5.83. The van der Waals surface area contributed by atoms with Crippen molar-refractivity contribution in [3.05, 3.63) is 89.5 Å². The van der Waals surface area contributed by atoms with E-state index in [0.717, 1.165) is 39.6 Å². The summed E-state index contributed by atoms with van der Waals surface area (Å²) in [5.74, 6) is 1.78. The summed E-state index contributed by atoms with van der Waals surface area (Å²) in [6.07, 6.45) is 1.62. The molecule has 30 heavy (non-hydrogen) atoms. The minimum Gasteiger partial charge on any atom is -0.297 e. The Kier molecular flexibility index (Phi) is 4.24. The van der Waals surface area contributed by atoms with E-state index in [1.54, 1.807) is 6.33 Å². The van der Waals surface area contributed by atoms with Gasteiger partial charge in [0.15, 0.2) is 5.82 Å². The molecule has 3 aromatic carbocycles. The lowest BCUT2D eigenvalue weighted by Crippen LogP contribution is -2.05. The Balaban J connectivity index is 1.71. The van der Waals surface area contributed by atoms with E-state index in [4.69, 9.17) is 4.98 Å².